The summed E-state index contributed by atoms with van der Waals surface area (Å²) in [4.78, 5) is 21.2. The van der Waals surface area contributed by atoms with Crippen molar-refractivity contribution in [3.63, 3.8) is 0 Å². The molecule has 0 bridgehead atoms. The predicted molar refractivity (Wildman–Crippen MR) is 120 cm³/mol. The molecule has 0 aliphatic heterocycles. The van der Waals surface area contributed by atoms with Gasteiger partial charge in [-0.1, -0.05) is 24.3 Å². The number of aromatic nitrogens is 4. The number of halogens is 1. The number of anilines is 1. The second kappa shape index (κ2) is 9.70. The normalized spacial score (nSPS) is 11.5. The summed E-state index contributed by atoms with van der Waals surface area (Å²) in [7, 11) is 0. The van der Waals surface area contributed by atoms with Gasteiger partial charge in [0.05, 0.1) is 23.4 Å². The van der Waals surface area contributed by atoms with Crippen molar-refractivity contribution in [3.05, 3.63) is 95.3 Å². The quantitative estimate of drug-likeness (QED) is 0.385. The van der Waals surface area contributed by atoms with Gasteiger partial charge in [-0.3, -0.25) is 14.9 Å². The van der Waals surface area contributed by atoms with E-state index < -0.39 is 11.8 Å². The van der Waals surface area contributed by atoms with Crippen molar-refractivity contribution in [2.45, 2.75) is 12.3 Å². The lowest BCUT2D eigenvalue weighted by Crippen LogP contribution is -2.24. The lowest BCUT2D eigenvalue weighted by molar-refractivity contribution is -0.118. The van der Waals surface area contributed by atoms with E-state index >= 15 is 0 Å². The molecule has 9 heteroatoms. The highest BCUT2D eigenvalue weighted by Crippen LogP contribution is 2.32. The minimum absolute atomic E-state index is 0.277. The van der Waals surface area contributed by atoms with Crippen LogP contribution in [0.4, 0.5) is 10.2 Å². The maximum atomic E-state index is 13.5. The maximum Gasteiger partial charge on any atom is 0.229 e. The van der Waals surface area contributed by atoms with Crippen LogP contribution in [-0.2, 0) is 11.2 Å². The minimum Gasteiger partial charge on any atom is -0.369 e. The Morgan fingerprint density at radius 2 is 2.09 bits per heavy atom. The highest BCUT2D eigenvalue weighted by molar-refractivity contribution is 5.87. The van der Waals surface area contributed by atoms with Crippen molar-refractivity contribution in [3.8, 4) is 17.3 Å². The summed E-state index contributed by atoms with van der Waals surface area (Å²) in [5.41, 5.74) is 9.11. The molecule has 1 amide bonds. The van der Waals surface area contributed by atoms with Crippen molar-refractivity contribution in [1.29, 1.82) is 5.26 Å². The van der Waals surface area contributed by atoms with Crippen molar-refractivity contribution in [2.75, 3.05) is 11.9 Å². The van der Waals surface area contributed by atoms with Crippen LogP contribution in [-0.4, -0.2) is 32.6 Å². The molecular formula is C24H20FN7O. The van der Waals surface area contributed by atoms with E-state index in [1.807, 2.05) is 12.1 Å². The van der Waals surface area contributed by atoms with Crippen LogP contribution in [0.25, 0.3) is 11.3 Å². The van der Waals surface area contributed by atoms with E-state index in [0.29, 0.717) is 41.2 Å². The minimum atomic E-state index is -0.781. The molecule has 4 aromatic rings. The fraction of sp³-hybridized carbons (Fsp3) is 0.125. The summed E-state index contributed by atoms with van der Waals surface area (Å²) in [6.07, 6.45) is 5.25. The van der Waals surface area contributed by atoms with E-state index in [1.54, 1.807) is 42.7 Å². The number of nitrogens with zero attached hydrogens (tertiary/aromatic N) is 4. The van der Waals surface area contributed by atoms with Gasteiger partial charge in [-0.05, 0) is 41.8 Å². The molecule has 0 saturated heterocycles. The molecule has 3 aromatic heterocycles. The molecule has 4 N–H and O–H groups in total. The highest BCUT2D eigenvalue weighted by atomic mass is 19.1. The third-order valence-electron chi connectivity index (χ3n) is 5.16. The van der Waals surface area contributed by atoms with Gasteiger partial charge in [-0.25, -0.2) is 9.37 Å². The number of H-pyrrole nitrogens is 1. The number of amides is 1. The molecule has 1 unspecified atom stereocenters. The molecule has 4 rings (SSSR count). The summed E-state index contributed by atoms with van der Waals surface area (Å²) in [5.74, 6) is -1.20. The Kier molecular flexibility index (Phi) is 6.36. The van der Waals surface area contributed by atoms with Crippen molar-refractivity contribution in [2.24, 2.45) is 5.73 Å². The molecule has 8 nitrogen and oxygen atoms in total. The first-order valence-electron chi connectivity index (χ1n) is 10.2. The van der Waals surface area contributed by atoms with Crippen molar-refractivity contribution < 1.29 is 9.18 Å². The first-order valence-corrected chi connectivity index (χ1v) is 10.2. The van der Waals surface area contributed by atoms with Crippen LogP contribution in [0.3, 0.4) is 0 Å². The first-order chi connectivity index (χ1) is 16.1. The Bertz CT molecular complexity index is 1310. The lowest BCUT2D eigenvalue weighted by atomic mass is 9.91. The molecule has 3 heterocycles. The fourth-order valence-electron chi connectivity index (χ4n) is 3.62. The number of nitrogens with one attached hydrogen (secondary N) is 2. The summed E-state index contributed by atoms with van der Waals surface area (Å²) >= 11 is 0. The van der Waals surface area contributed by atoms with E-state index in [4.69, 9.17) is 5.73 Å². The van der Waals surface area contributed by atoms with Gasteiger partial charge in [0.15, 0.2) is 0 Å². The predicted octanol–water partition coefficient (Wildman–Crippen LogP) is 3.15. The average Bonchev–Trinajstić information content (AvgIpc) is 3.30. The smallest absolute Gasteiger partial charge is 0.229 e. The molecule has 0 saturated carbocycles. The van der Waals surface area contributed by atoms with Gasteiger partial charge >= 0.3 is 0 Å². The third kappa shape index (κ3) is 4.85. The first kappa shape index (κ1) is 21.6. The van der Waals surface area contributed by atoms with Crippen LogP contribution in [0.2, 0.25) is 0 Å². The van der Waals surface area contributed by atoms with Crippen LogP contribution in [0.5, 0.6) is 0 Å². The Morgan fingerprint density at radius 1 is 1.21 bits per heavy atom. The molecule has 164 valence electrons. The van der Waals surface area contributed by atoms with E-state index in [1.165, 1.54) is 18.3 Å². The van der Waals surface area contributed by atoms with Crippen molar-refractivity contribution in [1.82, 2.24) is 20.2 Å². The van der Waals surface area contributed by atoms with E-state index in [9.17, 15) is 14.4 Å². The van der Waals surface area contributed by atoms with Gasteiger partial charge < -0.3 is 11.1 Å². The summed E-state index contributed by atoms with van der Waals surface area (Å²) in [5, 5.41) is 19.1. The number of carbonyl (C=O) groups excluding carboxylic acids is 1. The topological polar surface area (TPSA) is 133 Å². The Morgan fingerprint density at radius 3 is 2.82 bits per heavy atom. The van der Waals surface area contributed by atoms with Crippen LogP contribution in [0.15, 0.2) is 67.1 Å². The SMILES string of the molecule is N#Cc1[nH]ncc1-c1ccc(C(C(N)=O)c2cccnc2)c(NCCc2cccc(F)c2)n1. The Labute approximate surface area is 189 Å². The standard InChI is InChI=1S/C24H20FN7O/c25-17-5-1-3-15(11-17)8-10-29-24-18(22(23(27)33)16-4-2-9-28-13-16)6-7-20(31-24)19-14-30-32-21(19)12-26/h1-7,9,11,13-14,22H,8,10H2,(H2,27,33)(H,29,31)(H,30,32). The average molecular weight is 441 g/mol. The number of hydrogen-bond donors (Lipinski definition) is 3. The Balaban J connectivity index is 1.71. The van der Waals surface area contributed by atoms with Crippen LogP contribution >= 0.6 is 0 Å². The van der Waals surface area contributed by atoms with E-state index in [0.717, 1.165) is 5.56 Å². The number of aromatic amines is 1. The zero-order chi connectivity index (χ0) is 23.2. The number of primary amides is 1. The van der Waals surface area contributed by atoms with Gasteiger partial charge in [0, 0.05) is 24.5 Å². The van der Waals surface area contributed by atoms with Gasteiger partial charge in [0.2, 0.25) is 5.91 Å². The summed E-state index contributed by atoms with van der Waals surface area (Å²) < 4.78 is 13.5. The molecule has 1 aromatic carbocycles. The zero-order valence-electron chi connectivity index (χ0n) is 17.5. The molecule has 0 aliphatic carbocycles. The number of rotatable bonds is 8. The lowest BCUT2D eigenvalue weighted by Gasteiger charge is -2.19. The number of carbonyl (C=O) groups is 1. The van der Waals surface area contributed by atoms with Gasteiger partial charge in [-0.2, -0.15) is 10.4 Å². The fourth-order valence-corrected chi connectivity index (χ4v) is 3.62. The van der Waals surface area contributed by atoms with Gasteiger partial charge in [-0.15, -0.1) is 0 Å². The molecular weight excluding hydrogens is 421 g/mol. The van der Waals surface area contributed by atoms with Crippen LogP contribution < -0.4 is 11.1 Å². The van der Waals surface area contributed by atoms with Crippen LogP contribution in [0.1, 0.15) is 28.3 Å². The molecule has 0 aliphatic rings. The third-order valence-corrected chi connectivity index (χ3v) is 5.16. The largest absolute Gasteiger partial charge is 0.369 e. The molecule has 1 atom stereocenters. The Hall–Kier alpha value is -4.58. The zero-order valence-corrected chi connectivity index (χ0v) is 17.5. The molecule has 0 spiro atoms. The van der Waals surface area contributed by atoms with Crippen molar-refractivity contribution >= 4 is 11.7 Å². The molecule has 0 fully saturated rings. The van der Waals surface area contributed by atoms with Gasteiger partial charge in [0.25, 0.3) is 0 Å². The maximum absolute atomic E-state index is 13.5. The number of nitrogens with two attached hydrogens (primary N) is 1. The molecule has 33 heavy (non-hydrogen) atoms. The number of pyridine rings is 2. The summed E-state index contributed by atoms with van der Waals surface area (Å²) in [6.45, 7) is 0.432. The second-order valence-electron chi connectivity index (χ2n) is 7.33. The second-order valence-corrected chi connectivity index (χ2v) is 7.33. The van der Waals surface area contributed by atoms with E-state index in [2.05, 4.69) is 25.5 Å². The summed E-state index contributed by atoms with van der Waals surface area (Å²) in [6, 6.07) is 15.4. The van der Waals surface area contributed by atoms with E-state index in [-0.39, 0.29) is 11.5 Å². The number of nitriles is 1. The van der Waals surface area contributed by atoms with Crippen LogP contribution in [0, 0.1) is 17.1 Å². The monoisotopic (exact) mass is 441 g/mol. The van der Waals surface area contributed by atoms with Gasteiger partial charge in [0.1, 0.15) is 23.4 Å². The molecule has 0 radical (unpaired) electrons. The number of hydrogen-bond acceptors (Lipinski definition) is 6. The number of benzene rings is 1. The highest BCUT2D eigenvalue weighted by Gasteiger charge is 2.25.